The molecule has 206 valence electrons. The second kappa shape index (κ2) is 12.0. The van der Waals surface area contributed by atoms with Gasteiger partial charge < -0.3 is 9.72 Å². The first-order valence-corrected chi connectivity index (χ1v) is 15.5. The minimum atomic E-state index is -3.84. The van der Waals surface area contributed by atoms with Gasteiger partial charge in [-0.3, -0.25) is 14.4 Å². The van der Waals surface area contributed by atoms with Gasteiger partial charge in [-0.15, -0.1) is 4.52 Å². The second-order valence-electron chi connectivity index (χ2n) is 8.96. The van der Waals surface area contributed by atoms with E-state index in [0.29, 0.717) is 60.8 Å². The molecular formula is C24H34N6O6PS+. The average Bonchev–Trinajstić information content (AvgIpc) is 3.23. The fraction of sp³-hybridized carbons (Fsp3) is 0.542. The van der Waals surface area contributed by atoms with Crippen molar-refractivity contribution >= 4 is 29.1 Å². The van der Waals surface area contributed by atoms with E-state index < -0.39 is 18.1 Å². The van der Waals surface area contributed by atoms with Gasteiger partial charge in [-0.25, -0.2) is 13.4 Å². The summed E-state index contributed by atoms with van der Waals surface area (Å²) < 4.78 is 53.1. The Labute approximate surface area is 222 Å². The van der Waals surface area contributed by atoms with E-state index in [-0.39, 0.29) is 35.7 Å². The number of aromatic amines is 1. The Hall–Kier alpha value is -2.70. The number of aromatic nitrogens is 4. The van der Waals surface area contributed by atoms with Gasteiger partial charge in [-0.1, -0.05) is 13.8 Å². The zero-order chi connectivity index (χ0) is 27.4. The first-order chi connectivity index (χ1) is 18.2. The zero-order valence-corrected chi connectivity index (χ0v) is 23.8. The third kappa shape index (κ3) is 5.81. The molecule has 12 nitrogen and oxygen atoms in total. The van der Waals surface area contributed by atoms with Crippen LogP contribution in [0.4, 0.5) is 0 Å². The number of rotatable bonds is 11. The van der Waals surface area contributed by atoms with E-state index in [1.54, 1.807) is 20.0 Å². The zero-order valence-electron chi connectivity index (χ0n) is 22.1. The molecule has 1 aliphatic rings. The van der Waals surface area contributed by atoms with Crippen molar-refractivity contribution in [1.29, 1.82) is 0 Å². The summed E-state index contributed by atoms with van der Waals surface area (Å²) in [6.07, 6.45) is 1.62. The molecule has 0 saturated carbocycles. The number of fused-ring (bicyclic) bond motifs is 1. The molecule has 1 fully saturated rings. The molecule has 1 aromatic carbocycles. The molecule has 1 N–H and O–H groups in total. The number of benzene rings is 1. The first-order valence-electron chi connectivity index (χ1n) is 12.7. The number of hydrogen-bond acceptors (Lipinski definition) is 9. The minimum absolute atomic E-state index is 0.0786. The SMILES string of the molecule is CCCOc1ccc(S(=O)(=O)N2CCN(C[P+](=O)OCC)CC2)cc1-c1nc2c(CC)nn(C)c2c(=O)[nH]1. The van der Waals surface area contributed by atoms with Crippen molar-refractivity contribution in [3.05, 3.63) is 34.2 Å². The molecule has 38 heavy (non-hydrogen) atoms. The lowest BCUT2D eigenvalue weighted by atomic mass is 10.1. The van der Waals surface area contributed by atoms with Crippen molar-refractivity contribution in [2.24, 2.45) is 7.05 Å². The molecule has 2 aromatic heterocycles. The van der Waals surface area contributed by atoms with Gasteiger partial charge in [0.05, 0.1) is 29.4 Å². The minimum Gasteiger partial charge on any atom is -0.493 e. The Balaban J connectivity index is 1.68. The van der Waals surface area contributed by atoms with E-state index in [0.717, 1.165) is 6.42 Å². The van der Waals surface area contributed by atoms with Crippen LogP contribution >= 0.6 is 8.03 Å². The normalized spacial score (nSPS) is 15.7. The molecule has 1 aliphatic heterocycles. The van der Waals surface area contributed by atoms with Crippen molar-refractivity contribution in [2.75, 3.05) is 45.7 Å². The molecule has 1 atom stereocenters. The summed E-state index contributed by atoms with van der Waals surface area (Å²) in [5.41, 5.74) is 1.53. The van der Waals surface area contributed by atoms with Gasteiger partial charge in [0.15, 0.2) is 5.52 Å². The third-order valence-corrected chi connectivity index (χ3v) is 9.39. The van der Waals surface area contributed by atoms with Crippen LogP contribution in [-0.2, 0) is 32.6 Å². The van der Waals surface area contributed by atoms with Crippen molar-refractivity contribution in [3.63, 3.8) is 0 Å². The molecular weight excluding hydrogens is 531 g/mol. The second-order valence-corrected chi connectivity index (χ2v) is 12.1. The predicted molar refractivity (Wildman–Crippen MR) is 144 cm³/mol. The highest BCUT2D eigenvalue weighted by Crippen LogP contribution is 2.33. The maximum absolute atomic E-state index is 13.6. The lowest BCUT2D eigenvalue weighted by Gasteiger charge is -2.31. The van der Waals surface area contributed by atoms with E-state index in [9.17, 15) is 17.8 Å². The number of nitrogens with one attached hydrogen (secondary N) is 1. The van der Waals surface area contributed by atoms with E-state index in [4.69, 9.17) is 9.26 Å². The summed E-state index contributed by atoms with van der Waals surface area (Å²) in [4.78, 5) is 22.5. The van der Waals surface area contributed by atoms with Gasteiger partial charge in [-0.2, -0.15) is 9.40 Å². The van der Waals surface area contributed by atoms with Gasteiger partial charge in [0.25, 0.3) is 5.56 Å². The first kappa shape index (κ1) is 28.3. The molecule has 3 heterocycles. The van der Waals surface area contributed by atoms with Crippen molar-refractivity contribution in [2.45, 2.75) is 38.5 Å². The Morgan fingerprint density at radius 1 is 1.13 bits per heavy atom. The van der Waals surface area contributed by atoms with Crippen LogP contribution in [0.2, 0.25) is 0 Å². The Morgan fingerprint density at radius 3 is 2.53 bits per heavy atom. The van der Waals surface area contributed by atoms with Crippen molar-refractivity contribution in [1.82, 2.24) is 29.0 Å². The van der Waals surface area contributed by atoms with Crippen LogP contribution in [0.15, 0.2) is 27.9 Å². The van der Waals surface area contributed by atoms with Gasteiger partial charge in [0.1, 0.15) is 17.1 Å². The van der Waals surface area contributed by atoms with Gasteiger partial charge in [0, 0.05) is 33.2 Å². The summed E-state index contributed by atoms with van der Waals surface area (Å²) in [5, 5.41) is 4.40. The Bertz CT molecular complexity index is 1480. The van der Waals surface area contributed by atoms with Crippen molar-refractivity contribution in [3.8, 4) is 17.1 Å². The monoisotopic (exact) mass is 565 g/mol. The molecule has 0 amide bonds. The Morgan fingerprint density at radius 2 is 1.87 bits per heavy atom. The molecule has 14 heteroatoms. The highest BCUT2D eigenvalue weighted by atomic mass is 32.2. The van der Waals surface area contributed by atoms with E-state index in [1.807, 2.05) is 18.7 Å². The maximum atomic E-state index is 13.6. The maximum Gasteiger partial charge on any atom is 0.524 e. The molecule has 1 unspecified atom stereocenters. The highest BCUT2D eigenvalue weighted by Gasteiger charge is 2.32. The van der Waals surface area contributed by atoms with Crippen molar-refractivity contribution < 1.29 is 22.2 Å². The largest absolute Gasteiger partial charge is 0.524 e. The fourth-order valence-electron chi connectivity index (χ4n) is 4.41. The van der Waals surface area contributed by atoms with Crippen LogP contribution < -0.4 is 10.3 Å². The lowest BCUT2D eigenvalue weighted by molar-refractivity contribution is 0.205. The molecule has 4 rings (SSSR count). The molecule has 3 aromatic rings. The van der Waals surface area contributed by atoms with Gasteiger partial charge in [-0.05, 0) is 42.5 Å². The fourth-order valence-corrected chi connectivity index (χ4v) is 6.84. The van der Waals surface area contributed by atoms with Crippen LogP contribution in [0.3, 0.4) is 0 Å². The van der Waals surface area contributed by atoms with E-state index in [1.165, 1.54) is 21.1 Å². The summed E-state index contributed by atoms with van der Waals surface area (Å²) in [5.74, 6) is 0.651. The molecule has 0 aliphatic carbocycles. The third-order valence-electron chi connectivity index (χ3n) is 6.32. The van der Waals surface area contributed by atoms with Gasteiger partial charge >= 0.3 is 8.03 Å². The van der Waals surface area contributed by atoms with E-state index in [2.05, 4.69) is 15.1 Å². The van der Waals surface area contributed by atoms with Crippen LogP contribution in [0.1, 0.15) is 32.9 Å². The van der Waals surface area contributed by atoms with Crippen LogP contribution in [0, 0.1) is 0 Å². The summed E-state index contributed by atoms with van der Waals surface area (Å²) in [7, 11) is -3.95. The number of hydrogen-bond donors (Lipinski definition) is 1. The molecule has 0 spiro atoms. The molecule has 0 radical (unpaired) electrons. The number of aryl methyl sites for hydroxylation is 2. The topological polar surface area (TPSA) is 140 Å². The van der Waals surface area contributed by atoms with Crippen LogP contribution in [-0.4, -0.2) is 83.0 Å². The molecule has 0 bridgehead atoms. The van der Waals surface area contributed by atoms with Crippen LogP contribution in [0.25, 0.3) is 22.4 Å². The highest BCUT2D eigenvalue weighted by molar-refractivity contribution is 7.89. The number of piperazine rings is 1. The quantitative estimate of drug-likeness (QED) is 0.348. The van der Waals surface area contributed by atoms with Gasteiger partial charge in [0.2, 0.25) is 16.3 Å². The van der Waals surface area contributed by atoms with E-state index >= 15 is 0 Å². The number of sulfonamides is 1. The Kier molecular flexibility index (Phi) is 8.94. The summed E-state index contributed by atoms with van der Waals surface area (Å²) in [6, 6.07) is 4.63. The standard InChI is InChI=1S/C24H33N6O6PS/c1-5-14-35-20-9-8-17(38(33,34)30-12-10-29(11-13-30)16-37(32)36-7-3)15-18(20)23-25-21-19(6-2)27-28(4)22(21)24(31)26-23/h8-9,15H,5-7,10-14,16H2,1-4H3/p+1. The summed E-state index contributed by atoms with van der Waals surface area (Å²) in [6.45, 7) is 7.90. The number of nitrogens with zero attached hydrogens (tertiary/aromatic N) is 5. The number of H-pyrrole nitrogens is 1. The predicted octanol–water partition coefficient (Wildman–Crippen LogP) is 2.72. The lowest BCUT2D eigenvalue weighted by Crippen LogP contribution is -2.48. The number of ether oxygens (including phenoxy) is 1. The average molecular weight is 566 g/mol. The summed E-state index contributed by atoms with van der Waals surface area (Å²) >= 11 is 0. The van der Waals surface area contributed by atoms with Crippen LogP contribution in [0.5, 0.6) is 5.75 Å². The molecule has 1 saturated heterocycles. The smallest absolute Gasteiger partial charge is 0.493 e.